The molecular weight excluding hydrogens is 629 g/mol. The Bertz CT molecular complexity index is 2800. The summed E-state index contributed by atoms with van der Waals surface area (Å²) in [5.41, 5.74) is 8.61. The summed E-state index contributed by atoms with van der Waals surface area (Å²) in [6.45, 7) is 0. The Hall–Kier alpha value is -6.43. The molecule has 3 heterocycles. The second-order valence-electron chi connectivity index (χ2n) is 12.5. The van der Waals surface area contributed by atoms with Gasteiger partial charge < -0.3 is 4.57 Å². The van der Waals surface area contributed by atoms with E-state index in [1.54, 1.807) is 0 Å². The first-order chi connectivity index (χ1) is 24.8. The summed E-state index contributed by atoms with van der Waals surface area (Å²) in [7, 11) is 0. The molecule has 0 spiro atoms. The van der Waals surface area contributed by atoms with Gasteiger partial charge in [-0.25, -0.2) is 15.0 Å². The predicted molar refractivity (Wildman–Crippen MR) is 209 cm³/mol. The molecule has 0 bridgehead atoms. The number of benzene rings is 7. The highest BCUT2D eigenvalue weighted by Gasteiger charge is 2.19. The fourth-order valence-corrected chi connectivity index (χ4v) is 8.26. The molecule has 0 fully saturated rings. The van der Waals surface area contributed by atoms with Gasteiger partial charge in [-0.15, -0.1) is 11.3 Å². The van der Waals surface area contributed by atoms with Gasteiger partial charge in [0.05, 0.1) is 11.0 Å². The van der Waals surface area contributed by atoms with Gasteiger partial charge in [-0.1, -0.05) is 140 Å². The minimum absolute atomic E-state index is 0.639. The lowest BCUT2D eigenvalue weighted by Crippen LogP contribution is -2.00. The molecule has 50 heavy (non-hydrogen) atoms. The minimum Gasteiger partial charge on any atom is -0.309 e. The first-order valence-corrected chi connectivity index (χ1v) is 17.5. The molecule has 0 atom stereocenters. The van der Waals surface area contributed by atoms with Crippen LogP contribution in [0.1, 0.15) is 0 Å². The molecule has 0 radical (unpaired) electrons. The number of aromatic nitrogens is 4. The fourth-order valence-electron chi connectivity index (χ4n) is 7.12. The second-order valence-corrected chi connectivity index (χ2v) is 13.5. The number of rotatable bonds is 5. The number of hydrogen-bond acceptors (Lipinski definition) is 4. The van der Waals surface area contributed by atoms with Crippen molar-refractivity contribution in [1.82, 2.24) is 19.5 Å². The SMILES string of the molecule is c1ccc(-c2nc(-c3ccccc3)nc(-c3ccc4c5cccc(-c6ccc7c(c6)sc6ccccc67)c5n(-c5ccccc5)c4c3)n2)cc1. The minimum atomic E-state index is 0.639. The lowest BCUT2D eigenvalue weighted by molar-refractivity contribution is 1.07. The molecule has 234 valence electrons. The van der Waals surface area contributed by atoms with E-state index in [1.807, 2.05) is 72.0 Å². The van der Waals surface area contributed by atoms with Crippen LogP contribution in [0.5, 0.6) is 0 Å². The standard InChI is InChI=1S/C45H28N4S/c1-4-13-29(14-5-1)43-46-44(30-15-6-2-7-16-30)48-45(47-43)32-24-25-35-38-21-12-20-34(42(38)49(39(35)27-32)33-17-8-3-9-18-33)31-23-26-37-36-19-10-11-22-40(36)50-41(37)28-31/h1-28H. The lowest BCUT2D eigenvalue weighted by Gasteiger charge is -2.12. The highest BCUT2D eigenvalue weighted by molar-refractivity contribution is 7.25. The summed E-state index contributed by atoms with van der Waals surface area (Å²) in [5, 5.41) is 5.00. The zero-order chi connectivity index (χ0) is 33.0. The highest BCUT2D eigenvalue weighted by Crippen LogP contribution is 2.42. The van der Waals surface area contributed by atoms with Gasteiger partial charge in [0, 0.05) is 58.9 Å². The highest BCUT2D eigenvalue weighted by atomic mass is 32.1. The quantitative estimate of drug-likeness (QED) is 0.185. The van der Waals surface area contributed by atoms with E-state index in [1.165, 1.54) is 47.6 Å². The van der Waals surface area contributed by atoms with Crippen LogP contribution in [0.4, 0.5) is 0 Å². The van der Waals surface area contributed by atoms with Crippen molar-refractivity contribution < 1.29 is 0 Å². The molecule has 10 aromatic rings. The molecule has 4 nitrogen and oxygen atoms in total. The van der Waals surface area contributed by atoms with E-state index >= 15 is 0 Å². The third-order valence-corrected chi connectivity index (χ3v) is 10.6. The van der Waals surface area contributed by atoms with Gasteiger partial charge >= 0.3 is 0 Å². The van der Waals surface area contributed by atoms with Crippen LogP contribution in [0.3, 0.4) is 0 Å². The maximum Gasteiger partial charge on any atom is 0.164 e. The van der Waals surface area contributed by atoms with Crippen LogP contribution in [0.25, 0.3) is 93.0 Å². The van der Waals surface area contributed by atoms with E-state index in [2.05, 4.69) is 114 Å². The van der Waals surface area contributed by atoms with Gasteiger partial charge in [-0.2, -0.15) is 0 Å². The van der Waals surface area contributed by atoms with E-state index in [0.29, 0.717) is 17.5 Å². The van der Waals surface area contributed by atoms with Gasteiger partial charge in [-0.3, -0.25) is 0 Å². The molecule has 0 saturated heterocycles. The molecule has 3 aromatic heterocycles. The molecule has 0 N–H and O–H groups in total. The maximum absolute atomic E-state index is 5.04. The third-order valence-electron chi connectivity index (χ3n) is 9.45. The number of fused-ring (bicyclic) bond motifs is 6. The van der Waals surface area contributed by atoms with Gasteiger partial charge in [0.2, 0.25) is 0 Å². The lowest BCUT2D eigenvalue weighted by atomic mass is 10.0. The first-order valence-electron chi connectivity index (χ1n) is 16.7. The Balaban J connectivity index is 1.22. The average Bonchev–Trinajstić information content (AvgIpc) is 3.74. The van der Waals surface area contributed by atoms with Crippen LogP contribution in [0.15, 0.2) is 170 Å². The van der Waals surface area contributed by atoms with Gasteiger partial charge in [0.1, 0.15) is 0 Å². The Morgan fingerprint density at radius 2 is 0.940 bits per heavy atom. The van der Waals surface area contributed by atoms with Crippen molar-refractivity contribution in [1.29, 1.82) is 0 Å². The van der Waals surface area contributed by atoms with Gasteiger partial charge in [-0.05, 0) is 35.9 Å². The van der Waals surface area contributed by atoms with E-state index in [9.17, 15) is 0 Å². The summed E-state index contributed by atoms with van der Waals surface area (Å²) >= 11 is 1.85. The molecular formula is C45H28N4S. The monoisotopic (exact) mass is 656 g/mol. The Morgan fingerprint density at radius 1 is 0.380 bits per heavy atom. The van der Waals surface area contributed by atoms with Gasteiger partial charge in [0.15, 0.2) is 17.5 Å². The third kappa shape index (κ3) is 4.71. The normalized spacial score (nSPS) is 11.6. The molecule has 7 aromatic carbocycles. The van der Waals surface area contributed by atoms with Crippen LogP contribution in [0.2, 0.25) is 0 Å². The van der Waals surface area contributed by atoms with Gasteiger partial charge in [0.25, 0.3) is 0 Å². The van der Waals surface area contributed by atoms with E-state index in [-0.39, 0.29) is 0 Å². The molecule has 0 saturated carbocycles. The van der Waals surface area contributed by atoms with Crippen molar-refractivity contribution in [2.75, 3.05) is 0 Å². The summed E-state index contributed by atoms with van der Waals surface area (Å²) < 4.78 is 5.01. The number of nitrogens with zero attached hydrogens (tertiary/aromatic N) is 4. The van der Waals surface area contributed by atoms with Crippen molar-refractivity contribution >= 4 is 53.3 Å². The second kappa shape index (κ2) is 11.6. The van der Waals surface area contributed by atoms with Crippen molar-refractivity contribution in [3.8, 4) is 51.0 Å². The summed E-state index contributed by atoms with van der Waals surface area (Å²) in [6, 6.07) is 59.8. The number of hydrogen-bond donors (Lipinski definition) is 0. The van der Waals surface area contributed by atoms with Crippen molar-refractivity contribution in [3.63, 3.8) is 0 Å². The number of para-hydroxylation sites is 2. The predicted octanol–water partition coefficient (Wildman–Crippen LogP) is 12.0. The Kier molecular flexibility index (Phi) is 6.64. The summed E-state index contributed by atoms with van der Waals surface area (Å²) in [4.78, 5) is 15.0. The van der Waals surface area contributed by atoms with Crippen LogP contribution in [-0.4, -0.2) is 19.5 Å². The zero-order valence-corrected chi connectivity index (χ0v) is 27.7. The molecule has 0 unspecified atom stereocenters. The van der Waals surface area contributed by atoms with Crippen molar-refractivity contribution in [3.05, 3.63) is 170 Å². The van der Waals surface area contributed by atoms with Crippen molar-refractivity contribution in [2.45, 2.75) is 0 Å². The fraction of sp³-hybridized carbons (Fsp3) is 0. The molecule has 0 amide bonds. The topological polar surface area (TPSA) is 43.6 Å². The Labute approximate surface area is 292 Å². The molecule has 0 aliphatic heterocycles. The molecule has 5 heteroatoms. The van der Waals surface area contributed by atoms with E-state index < -0.39 is 0 Å². The van der Waals surface area contributed by atoms with E-state index in [4.69, 9.17) is 15.0 Å². The van der Waals surface area contributed by atoms with E-state index in [0.717, 1.165) is 27.9 Å². The molecule has 0 aliphatic carbocycles. The zero-order valence-electron chi connectivity index (χ0n) is 26.9. The van der Waals surface area contributed by atoms with Crippen LogP contribution in [0, 0.1) is 0 Å². The summed E-state index contributed by atoms with van der Waals surface area (Å²) in [5.74, 6) is 1.94. The molecule has 10 rings (SSSR count). The maximum atomic E-state index is 5.04. The van der Waals surface area contributed by atoms with Crippen LogP contribution in [-0.2, 0) is 0 Å². The van der Waals surface area contributed by atoms with Crippen LogP contribution >= 0.6 is 11.3 Å². The average molecular weight is 657 g/mol. The van der Waals surface area contributed by atoms with Crippen LogP contribution < -0.4 is 0 Å². The first kappa shape index (κ1) is 28.6. The Morgan fingerprint density at radius 3 is 1.66 bits per heavy atom. The number of thiophene rings is 1. The smallest absolute Gasteiger partial charge is 0.164 e. The molecule has 0 aliphatic rings. The summed E-state index contributed by atoms with van der Waals surface area (Å²) in [6.07, 6.45) is 0. The van der Waals surface area contributed by atoms with Crippen molar-refractivity contribution in [2.24, 2.45) is 0 Å². The largest absolute Gasteiger partial charge is 0.309 e.